The van der Waals surface area contributed by atoms with Crippen molar-refractivity contribution in [2.75, 3.05) is 39.5 Å². The van der Waals surface area contributed by atoms with Gasteiger partial charge in [-0.15, -0.1) is 0 Å². The van der Waals surface area contributed by atoms with E-state index in [-0.39, 0.29) is 0 Å². The second kappa shape index (κ2) is 14.0. The van der Waals surface area contributed by atoms with Crippen LogP contribution in [0.25, 0.3) is 0 Å². The fourth-order valence-corrected chi connectivity index (χ4v) is 2.68. The summed E-state index contributed by atoms with van der Waals surface area (Å²) in [4.78, 5) is 23.8. The van der Waals surface area contributed by atoms with Crippen molar-refractivity contribution in [2.24, 2.45) is 0 Å². The molecule has 24 heavy (non-hydrogen) atoms. The van der Waals surface area contributed by atoms with E-state index in [2.05, 4.69) is 4.90 Å². The second-order valence-electron chi connectivity index (χ2n) is 6.12. The number of unbranched alkanes of at least 4 members (excludes halogenated alkanes) is 7. The number of rotatable bonds is 13. The number of aliphatic carboxylic acids is 1. The molecule has 0 spiro atoms. The maximum absolute atomic E-state index is 11.1. The number of hydrogen-bond acceptors (Lipinski definition) is 5. The average Bonchev–Trinajstić information content (AvgIpc) is 2.58. The van der Waals surface area contributed by atoms with Gasteiger partial charge in [-0.05, 0) is 19.4 Å². The Hall–Kier alpha value is -1.40. The van der Waals surface area contributed by atoms with Crippen LogP contribution in [0.2, 0.25) is 0 Å². The van der Waals surface area contributed by atoms with Gasteiger partial charge in [0.2, 0.25) is 0 Å². The van der Waals surface area contributed by atoms with Gasteiger partial charge in [-0.2, -0.15) is 0 Å². The second-order valence-corrected chi connectivity index (χ2v) is 6.12. The summed E-state index contributed by atoms with van der Waals surface area (Å²) in [5.41, 5.74) is 0. The molecule has 6 nitrogen and oxygen atoms in total. The number of hydrogen-bond donors (Lipinski definition) is 1. The summed E-state index contributed by atoms with van der Waals surface area (Å²) in [5.74, 6) is -1.73. The fourth-order valence-electron chi connectivity index (χ4n) is 2.68. The normalized spacial score (nSPS) is 15.7. The van der Waals surface area contributed by atoms with Gasteiger partial charge >= 0.3 is 11.9 Å². The van der Waals surface area contributed by atoms with Crippen molar-refractivity contribution in [1.82, 2.24) is 4.90 Å². The lowest BCUT2D eigenvalue weighted by atomic mass is 10.1. The Morgan fingerprint density at radius 1 is 0.917 bits per heavy atom. The molecule has 0 atom stereocenters. The molecule has 1 heterocycles. The molecule has 0 aromatic heterocycles. The van der Waals surface area contributed by atoms with Gasteiger partial charge in [0.05, 0.1) is 19.8 Å². The van der Waals surface area contributed by atoms with Crippen LogP contribution in [-0.4, -0.2) is 61.4 Å². The third-order valence-electron chi connectivity index (χ3n) is 4.08. The standard InChI is InChI=1S/C18H31NO5/c20-17(21)9-10-18(22)24-14-8-6-4-2-1-3-5-7-11-19-12-15-23-16-13-19/h9-10H,1-8,11-16H2,(H,20,21)/b10-9+. The van der Waals surface area contributed by atoms with Crippen LogP contribution >= 0.6 is 0 Å². The van der Waals surface area contributed by atoms with Crippen molar-refractivity contribution >= 4 is 11.9 Å². The largest absolute Gasteiger partial charge is 0.478 e. The zero-order valence-corrected chi connectivity index (χ0v) is 14.6. The highest BCUT2D eigenvalue weighted by molar-refractivity contribution is 5.90. The van der Waals surface area contributed by atoms with Crippen molar-refractivity contribution in [3.05, 3.63) is 12.2 Å². The van der Waals surface area contributed by atoms with Gasteiger partial charge in [-0.1, -0.05) is 38.5 Å². The SMILES string of the molecule is O=C(O)/C=C/C(=O)OCCCCCCCCCCN1CCOCC1. The van der Waals surface area contributed by atoms with Crippen LogP contribution in [0.3, 0.4) is 0 Å². The van der Waals surface area contributed by atoms with Crippen molar-refractivity contribution in [3.8, 4) is 0 Å². The van der Waals surface area contributed by atoms with Crippen LogP contribution in [0.5, 0.6) is 0 Å². The predicted octanol–water partition coefficient (Wildman–Crippen LogP) is 2.62. The number of nitrogens with zero attached hydrogens (tertiary/aromatic N) is 1. The highest BCUT2D eigenvalue weighted by Crippen LogP contribution is 2.09. The highest BCUT2D eigenvalue weighted by Gasteiger charge is 2.08. The van der Waals surface area contributed by atoms with E-state index in [1.165, 1.54) is 38.6 Å². The first kappa shape index (κ1) is 20.6. The van der Waals surface area contributed by atoms with Gasteiger partial charge < -0.3 is 14.6 Å². The highest BCUT2D eigenvalue weighted by atomic mass is 16.5. The first-order valence-electron chi connectivity index (χ1n) is 9.06. The molecule has 0 amide bonds. The first-order valence-corrected chi connectivity index (χ1v) is 9.06. The van der Waals surface area contributed by atoms with Gasteiger partial charge in [0.25, 0.3) is 0 Å². The molecule has 0 unspecified atom stereocenters. The molecule has 0 aliphatic carbocycles. The topological polar surface area (TPSA) is 76.1 Å². The minimum atomic E-state index is -1.14. The van der Waals surface area contributed by atoms with E-state index >= 15 is 0 Å². The van der Waals surface area contributed by atoms with Gasteiger partial charge in [0.1, 0.15) is 0 Å². The van der Waals surface area contributed by atoms with E-state index < -0.39 is 11.9 Å². The maximum atomic E-state index is 11.1. The van der Waals surface area contributed by atoms with Gasteiger partial charge in [-0.3, -0.25) is 4.90 Å². The number of carbonyl (C=O) groups is 2. The van der Waals surface area contributed by atoms with E-state index in [0.717, 1.165) is 57.7 Å². The zero-order chi connectivity index (χ0) is 17.5. The van der Waals surface area contributed by atoms with Crippen LogP contribution in [0.1, 0.15) is 51.4 Å². The molecule has 6 heteroatoms. The number of ether oxygens (including phenoxy) is 2. The number of morpholine rings is 1. The lowest BCUT2D eigenvalue weighted by molar-refractivity contribution is -0.138. The maximum Gasteiger partial charge on any atom is 0.331 e. The van der Waals surface area contributed by atoms with Gasteiger partial charge in [0.15, 0.2) is 0 Å². The Kier molecular flexibility index (Phi) is 12.0. The van der Waals surface area contributed by atoms with E-state index in [0.29, 0.717) is 6.61 Å². The summed E-state index contributed by atoms with van der Waals surface area (Å²) in [6.45, 7) is 5.48. The van der Waals surface area contributed by atoms with Crippen LogP contribution < -0.4 is 0 Å². The van der Waals surface area contributed by atoms with Crippen molar-refractivity contribution in [2.45, 2.75) is 51.4 Å². The summed E-state index contributed by atoms with van der Waals surface area (Å²) in [6, 6.07) is 0. The summed E-state index contributed by atoms with van der Waals surface area (Å²) in [6.07, 6.45) is 11.1. The molecule has 0 saturated carbocycles. The molecular formula is C18H31NO5. The van der Waals surface area contributed by atoms with Crippen LogP contribution in [0.4, 0.5) is 0 Å². The molecule has 1 saturated heterocycles. The number of carbonyl (C=O) groups excluding carboxylic acids is 1. The molecule has 0 radical (unpaired) electrons. The van der Waals surface area contributed by atoms with Crippen molar-refractivity contribution < 1.29 is 24.2 Å². The molecular weight excluding hydrogens is 310 g/mol. The first-order chi connectivity index (χ1) is 11.7. The van der Waals surface area contributed by atoms with Crippen molar-refractivity contribution in [3.63, 3.8) is 0 Å². The summed E-state index contributed by atoms with van der Waals surface area (Å²) in [7, 11) is 0. The molecule has 1 fully saturated rings. The Morgan fingerprint density at radius 2 is 1.50 bits per heavy atom. The molecule has 138 valence electrons. The van der Waals surface area contributed by atoms with Crippen molar-refractivity contribution in [1.29, 1.82) is 0 Å². The van der Waals surface area contributed by atoms with Gasteiger partial charge in [-0.25, -0.2) is 9.59 Å². The Morgan fingerprint density at radius 3 is 2.12 bits per heavy atom. The quantitative estimate of drug-likeness (QED) is 0.315. The molecule has 1 rings (SSSR count). The fraction of sp³-hybridized carbons (Fsp3) is 0.778. The lowest BCUT2D eigenvalue weighted by Gasteiger charge is -2.26. The van der Waals surface area contributed by atoms with E-state index in [1.807, 2.05) is 0 Å². The Balaban J connectivity index is 1.78. The molecule has 1 aliphatic rings. The van der Waals surface area contributed by atoms with Crippen LogP contribution in [0, 0.1) is 0 Å². The summed E-state index contributed by atoms with van der Waals surface area (Å²) < 4.78 is 10.2. The number of carboxylic acid groups (broad SMARTS) is 1. The minimum Gasteiger partial charge on any atom is -0.478 e. The molecule has 1 N–H and O–H groups in total. The average molecular weight is 341 g/mol. The van der Waals surface area contributed by atoms with E-state index in [4.69, 9.17) is 14.6 Å². The molecule has 0 aromatic carbocycles. The molecule has 1 aliphatic heterocycles. The number of carboxylic acids is 1. The Labute approximate surface area is 144 Å². The third-order valence-corrected chi connectivity index (χ3v) is 4.08. The van der Waals surface area contributed by atoms with Crippen LogP contribution in [0.15, 0.2) is 12.2 Å². The van der Waals surface area contributed by atoms with E-state index in [1.54, 1.807) is 0 Å². The van der Waals surface area contributed by atoms with E-state index in [9.17, 15) is 9.59 Å². The summed E-state index contributed by atoms with van der Waals surface area (Å²) in [5, 5.41) is 8.37. The number of esters is 1. The van der Waals surface area contributed by atoms with Crippen LogP contribution in [-0.2, 0) is 19.1 Å². The Bertz CT molecular complexity index is 378. The molecule has 0 aromatic rings. The minimum absolute atomic E-state index is 0.363. The molecule has 0 bridgehead atoms. The lowest BCUT2D eigenvalue weighted by Crippen LogP contribution is -2.36. The third kappa shape index (κ3) is 12.1. The summed E-state index contributed by atoms with van der Waals surface area (Å²) >= 11 is 0. The monoisotopic (exact) mass is 341 g/mol. The predicted molar refractivity (Wildman–Crippen MR) is 91.9 cm³/mol. The zero-order valence-electron chi connectivity index (χ0n) is 14.6. The smallest absolute Gasteiger partial charge is 0.331 e. The van der Waals surface area contributed by atoms with Gasteiger partial charge in [0, 0.05) is 25.2 Å².